The van der Waals surface area contributed by atoms with E-state index in [2.05, 4.69) is 0 Å². The molecule has 0 fully saturated rings. The van der Waals surface area contributed by atoms with Gasteiger partial charge in [-0.2, -0.15) is 0 Å². The Balaban J connectivity index is 2.79. The third-order valence-corrected chi connectivity index (χ3v) is 3.32. The third kappa shape index (κ3) is 4.19. The lowest BCUT2D eigenvalue weighted by molar-refractivity contribution is -0.136. The highest BCUT2D eigenvalue weighted by Gasteiger charge is 2.13. The summed E-state index contributed by atoms with van der Waals surface area (Å²) in [6.07, 6.45) is 0.125. The van der Waals surface area contributed by atoms with E-state index in [1.807, 2.05) is 19.1 Å². The van der Waals surface area contributed by atoms with Crippen LogP contribution in [0.2, 0.25) is 0 Å². The molecule has 5 heteroatoms. The van der Waals surface area contributed by atoms with Gasteiger partial charge in [-0.05, 0) is 12.1 Å². The first-order valence-electron chi connectivity index (χ1n) is 5.17. The molecule has 0 heterocycles. The number of aliphatic carboxylic acids is 1. The van der Waals surface area contributed by atoms with Gasteiger partial charge in [0.2, 0.25) is 0 Å². The van der Waals surface area contributed by atoms with Gasteiger partial charge in [0.1, 0.15) is 11.5 Å². The number of ether oxygens (including phenoxy) is 2. The van der Waals surface area contributed by atoms with E-state index in [0.717, 1.165) is 10.6 Å². The third-order valence-electron chi connectivity index (χ3n) is 2.16. The highest BCUT2D eigenvalue weighted by molar-refractivity contribution is 8.00. The van der Waals surface area contributed by atoms with Crippen molar-refractivity contribution in [2.24, 2.45) is 0 Å². The molecule has 0 aliphatic carbocycles. The fourth-order valence-electron chi connectivity index (χ4n) is 1.38. The van der Waals surface area contributed by atoms with Gasteiger partial charge in [0.25, 0.3) is 0 Å². The van der Waals surface area contributed by atoms with Crippen molar-refractivity contribution in [2.45, 2.75) is 23.5 Å². The van der Waals surface area contributed by atoms with Crippen LogP contribution in [-0.4, -0.2) is 30.5 Å². The van der Waals surface area contributed by atoms with Crippen LogP contribution in [0.3, 0.4) is 0 Å². The second kappa shape index (κ2) is 6.39. The molecule has 0 radical (unpaired) electrons. The molecule has 1 N–H and O–H groups in total. The summed E-state index contributed by atoms with van der Waals surface area (Å²) >= 11 is 1.48. The van der Waals surface area contributed by atoms with E-state index in [1.54, 1.807) is 20.3 Å². The molecule has 0 aliphatic rings. The molecular weight excluding hydrogens is 240 g/mol. The van der Waals surface area contributed by atoms with Crippen LogP contribution < -0.4 is 9.47 Å². The van der Waals surface area contributed by atoms with Gasteiger partial charge in [-0.25, -0.2) is 0 Å². The minimum absolute atomic E-state index is 0.00482. The maximum absolute atomic E-state index is 10.6. The highest BCUT2D eigenvalue weighted by Crippen LogP contribution is 2.35. The number of hydrogen-bond donors (Lipinski definition) is 1. The number of hydrogen-bond acceptors (Lipinski definition) is 4. The standard InChI is InChI=1S/C12H16O4S/c1-8(6-12(13)14)17-11-5-4-9(15-2)7-10(11)16-3/h4-5,7-8H,6H2,1-3H3,(H,13,14). The first kappa shape index (κ1) is 13.7. The molecule has 0 aromatic heterocycles. The average Bonchev–Trinajstić information content (AvgIpc) is 2.28. The number of carbonyl (C=O) groups is 1. The maximum atomic E-state index is 10.6. The predicted molar refractivity (Wildman–Crippen MR) is 67.1 cm³/mol. The van der Waals surface area contributed by atoms with Crippen LogP contribution in [0.25, 0.3) is 0 Å². The van der Waals surface area contributed by atoms with Gasteiger partial charge >= 0.3 is 5.97 Å². The van der Waals surface area contributed by atoms with Crippen LogP contribution in [-0.2, 0) is 4.79 Å². The average molecular weight is 256 g/mol. The number of methoxy groups -OCH3 is 2. The molecule has 4 nitrogen and oxygen atoms in total. The summed E-state index contributed by atoms with van der Waals surface area (Å²) in [5.41, 5.74) is 0. The second-order valence-electron chi connectivity index (χ2n) is 3.54. The molecule has 1 atom stereocenters. The van der Waals surface area contributed by atoms with E-state index < -0.39 is 5.97 Å². The van der Waals surface area contributed by atoms with E-state index in [1.165, 1.54) is 11.8 Å². The fraction of sp³-hybridized carbons (Fsp3) is 0.417. The van der Waals surface area contributed by atoms with Gasteiger partial charge in [0.05, 0.1) is 20.6 Å². The topological polar surface area (TPSA) is 55.8 Å². The van der Waals surface area contributed by atoms with Gasteiger partial charge in [-0.15, -0.1) is 11.8 Å². The SMILES string of the molecule is COc1ccc(SC(C)CC(=O)O)c(OC)c1. The van der Waals surface area contributed by atoms with Crippen molar-refractivity contribution in [3.05, 3.63) is 18.2 Å². The largest absolute Gasteiger partial charge is 0.497 e. The Labute approximate surface area is 105 Å². The summed E-state index contributed by atoms with van der Waals surface area (Å²) in [5.74, 6) is 0.626. The van der Waals surface area contributed by atoms with Gasteiger partial charge in [-0.3, -0.25) is 4.79 Å². The van der Waals surface area contributed by atoms with E-state index in [-0.39, 0.29) is 11.7 Å². The predicted octanol–water partition coefficient (Wildman–Crippen LogP) is 2.66. The molecule has 0 amide bonds. The zero-order chi connectivity index (χ0) is 12.8. The van der Waals surface area contributed by atoms with Crippen LogP contribution in [0.5, 0.6) is 11.5 Å². The number of rotatable bonds is 6. The summed E-state index contributed by atoms with van der Waals surface area (Å²) in [6.45, 7) is 1.88. The Morgan fingerprint density at radius 3 is 2.65 bits per heavy atom. The molecule has 1 unspecified atom stereocenters. The van der Waals surface area contributed by atoms with Gasteiger partial charge in [-0.1, -0.05) is 6.92 Å². The first-order chi connectivity index (χ1) is 8.06. The Kier molecular flexibility index (Phi) is 5.15. The molecule has 0 bridgehead atoms. The Bertz CT molecular complexity index is 392. The van der Waals surface area contributed by atoms with Crippen molar-refractivity contribution >= 4 is 17.7 Å². The van der Waals surface area contributed by atoms with Crippen LogP contribution >= 0.6 is 11.8 Å². The lowest BCUT2D eigenvalue weighted by Gasteiger charge is -2.13. The smallest absolute Gasteiger partial charge is 0.304 e. The molecule has 0 aliphatic heterocycles. The second-order valence-corrected chi connectivity index (χ2v) is 5.02. The maximum Gasteiger partial charge on any atom is 0.304 e. The molecule has 0 saturated heterocycles. The minimum Gasteiger partial charge on any atom is -0.497 e. The summed E-state index contributed by atoms with van der Waals surface area (Å²) in [4.78, 5) is 11.5. The monoisotopic (exact) mass is 256 g/mol. The van der Waals surface area contributed by atoms with Gasteiger partial charge < -0.3 is 14.6 Å². The summed E-state index contributed by atoms with van der Waals surface area (Å²) in [6, 6.07) is 5.49. The lowest BCUT2D eigenvalue weighted by atomic mass is 10.3. The van der Waals surface area contributed by atoms with Crippen molar-refractivity contribution in [3.8, 4) is 11.5 Å². The minimum atomic E-state index is -0.794. The molecule has 17 heavy (non-hydrogen) atoms. The fourth-order valence-corrected chi connectivity index (χ4v) is 2.44. The van der Waals surface area contributed by atoms with Crippen molar-refractivity contribution in [1.82, 2.24) is 0 Å². The zero-order valence-electron chi connectivity index (χ0n) is 10.1. The molecule has 1 aromatic carbocycles. The van der Waals surface area contributed by atoms with Gasteiger partial charge in [0, 0.05) is 16.2 Å². The summed E-state index contributed by atoms with van der Waals surface area (Å²) in [7, 11) is 3.18. The number of carboxylic acid groups (broad SMARTS) is 1. The molecule has 94 valence electrons. The summed E-state index contributed by atoms with van der Waals surface area (Å²) in [5, 5.41) is 8.70. The van der Waals surface area contributed by atoms with E-state index in [9.17, 15) is 4.79 Å². The van der Waals surface area contributed by atoms with Crippen molar-refractivity contribution in [1.29, 1.82) is 0 Å². The normalized spacial score (nSPS) is 11.9. The van der Waals surface area contributed by atoms with Crippen LogP contribution in [0.15, 0.2) is 23.1 Å². The van der Waals surface area contributed by atoms with Crippen LogP contribution in [0.4, 0.5) is 0 Å². The highest BCUT2D eigenvalue weighted by atomic mass is 32.2. The Morgan fingerprint density at radius 1 is 1.41 bits per heavy atom. The first-order valence-corrected chi connectivity index (χ1v) is 6.05. The molecule has 1 aromatic rings. The van der Waals surface area contributed by atoms with E-state index >= 15 is 0 Å². The number of benzene rings is 1. The number of carboxylic acids is 1. The summed E-state index contributed by atoms with van der Waals surface area (Å²) < 4.78 is 10.3. The van der Waals surface area contributed by atoms with Gasteiger partial charge in [0.15, 0.2) is 0 Å². The van der Waals surface area contributed by atoms with Crippen LogP contribution in [0, 0.1) is 0 Å². The zero-order valence-corrected chi connectivity index (χ0v) is 10.9. The van der Waals surface area contributed by atoms with E-state index in [4.69, 9.17) is 14.6 Å². The quantitative estimate of drug-likeness (QED) is 0.793. The Hall–Kier alpha value is -1.36. The molecule has 0 saturated carbocycles. The number of thioether (sulfide) groups is 1. The van der Waals surface area contributed by atoms with Crippen molar-refractivity contribution < 1.29 is 19.4 Å². The molecule has 1 rings (SSSR count). The van der Waals surface area contributed by atoms with Crippen LogP contribution in [0.1, 0.15) is 13.3 Å². The van der Waals surface area contributed by atoms with Crippen molar-refractivity contribution in [2.75, 3.05) is 14.2 Å². The molecule has 0 spiro atoms. The van der Waals surface area contributed by atoms with Crippen molar-refractivity contribution in [3.63, 3.8) is 0 Å². The lowest BCUT2D eigenvalue weighted by Crippen LogP contribution is -2.05. The van der Waals surface area contributed by atoms with E-state index in [0.29, 0.717) is 5.75 Å². The Morgan fingerprint density at radius 2 is 2.12 bits per heavy atom. The molecular formula is C12H16O4S.